The van der Waals surface area contributed by atoms with Gasteiger partial charge in [-0.05, 0) is 59.2 Å². The molecule has 0 amide bonds. The van der Waals surface area contributed by atoms with Crippen molar-refractivity contribution in [1.29, 1.82) is 0 Å². The van der Waals surface area contributed by atoms with Crippen LogP contribution in [-0.4, -0.2) is 32.8 Å². The van der Waals surface area contributed by atoms with Crippen LogP contribution < -0.4 is 4.72 Å². The van der Waals surface area contributed by atoms with Crippen LogP contribution in [0.15, 0.2) is 53.1 Å². The maximum absolute atomic E-state index is 13.0. The highest BCUT2D eigenvalue weighted by molar-refractivity contribution is 7.84. The lowest BCUT2D eigenvalue weighted by Gasteiger charge is -2.28. The molecule has 1 aromatic carbocycles. The molecule has 2 aromatic rings. The van der Waals surface area contributed by atoms with Gasteiger partial charge in [-0.2, -0.15) is 0 Å². The van der Waals surface area contributed by atoms with Gasteiger partial charge in [0.25, 0.3) is 0 Å². The Hall–Kier alpha value is -2.65. The molecule has 1 heterocycles. The molecular formula is C23H31NO7S. The van der Waals surface area contributed by atoms with Gasteiger partial charge >= 0.3 is 12.1 Å². The first kappa shape index (κ1) is 25.6. The topological polar surface area (TPSA) is 104 Å². The second-order valence-electron chi connectivity index (χ2n) is 9.09. The van der Waals surface area contributed by atoms with Crippen LogP contribution >= 0.6 is 0 Å². The van der Waals surface area contributed by atoms with Crippen molar-refractivity contribution in [2.75, 3.05) is 0 Å². The molecule has 1 N–H and O–H groups in total. The van der Waals surface area contributed by atoms with E-state index in [-0.39, 0.29) is 12.4 Å². The molecule has 9 heteroatoms. The van der Waals surface area contributed by atoms with E-state index in [1.165, 1.54) is 6.26 Å². The third kappa shape index (κ3) is 8.12. The Morgan fingerprint density at radius 2 is 1.69 bits per heavy atom. The van der Waals surface area contributed by atoms with Gasteiger partial charge in [-0.15, -0.1) is 0 Å². The number of furan rings is 1. The van der Waals surface area contributed by atoms with Crippen molar-refractivity contribution in [3.63, 3.8) is 0 Å². The van der Waals surface area contributed by atoms with Gasteiger partial charge in [0.1, 0.15) is 24.0 Å². The van der Waals surface area contributed by atoms with Crippen molar-refractivity contribution in [2.24, 2.45) is 0 Å². The predicted molar refractivity (Wildman–Crippen MR) is 120 cm³/mol. The normalized spacial score (nSPS) is 14.8. The summed E-state index contributed by atoms with van der Waals surface area (Å²) in [5.74, 6) is -0.577. The molecule has 0 fully saturated rings. The molecule has 0 unspecified atom stereocenters. The van der Waals surface area contributed by atoms with E-state index in [1.54, 1.807) is 65.8 Å². The van der Waals surface area contributed by atoms with Gasteiger partial charge in [0, 0.05) is 0 Å². The van der Waals surface area contributed by atoms with E-state index < -0.39 is 45.6 Å². The monoisotopic (exact) mass is 465 g/mol. The molecule has 0 saturated heterocycles. The Balaban J connectivity index is 2.32. The van der Waals surface area contributed by atoms with Gasteiger partial charge in [-0.1, -0.05) is 30.3 Å². The van der Waals surface area contributed by atoms with Crippen molar-refractivity contribution < 1.29 is 32.4 Å². The zero-order chi connectivity index (χ0) is 23.9. The lowest BCUT2D eigenvalue weighted by atomic mass is 10.1. The fourth-order valence-electron chi connectivity index (χ4n) is 2.47. The Morgan fingerprint density at radius 3 is 2.22 bits per heavy atom. The van der Waals surface area contributed by atoms with Gasteiger partial charge in [0.05, 0.1) is 22.0 Å². The summed E-state index contributed by atoms with van der Waals surface area (Å²) in [5.41, 5.74) is -0.0742. The van der Waals surface area contributed by atoms with E-state index >= 15 is 0 Å². The largest absolute Gasteiger partial charge is 0.509 e. The average Bonchev–Trinajstić information content (AvgIpc) is 3.21. The minimum Gasteiger partial charge on any atom is -0.467 e. The number of hydrogen-bond donors (Lipinski definition) is 1. The van der Waals surface area contributed by atoms with Crippen LogP contribution in [0.5, 0.6) is 0 Å². The van der Waals surface area contributed by atoms with Crippen LogP contribution in [0.4, 0.5) is 4.79 Å². The Bertz CT molecular complexity index is 899. The first-order valence-electron chi connectivity index (χ1n) is 10.2. The fourth-order valence-corrected chi connectivity index (χ4v) is 3.29. The van der Waals surface area contributed by atoms with Crippen LogP contribution in [0.2, 0.25) is 0 Å². The molecule has 176 valence electrons. The number of carbonyl (C=O) groups is 2. The van der Waals surface area contributed by atoms with Crippen molar-refractivity contribution >= 4 is 23.1 Å². The van der Waals surface area contributed by atoms with Crippen molar-refractivity contribution in [1.82, 2.24) is 4.72 Å². The van der Waals surface area contributed by atoms with Crippen LogP contribution in [0.25, 0.3) is 0 Å². The molecule has 0 saturated carbocycles. The van der Waals surface area contributed by atoms with Gasteiger partial charge in [-0.3, -0.25) is 0 Å². The van der Waals surface area contributed by atoms with Gasteiger partial charge in [0.2, 0.25) is 6.10 Å². The molecule has 0 aliphatic rings. The average molecular weight is 466 g/mol. The molecule has 2 rings (SSSR count). The molecule has 3 atom stereocenters. The van der Waals surface area contributed by atoms with Crippen molar-refractivity contribution in [3.8, 4) is 0 Å². The first-order chi connectivity index (χ1) is 14.9. The summed E-state index contributed by atoms with van der Waals surface area (Å²) in [6, 6.07) is 11.2. The molecule has 0 spiro atoms. The fraction of sp³-hybridized carbons (Fsp3) is 0.478. The Kier molecular flexibility index (Phi) is 8.63. The second-order valence-corrected chi connectivity index (χ2v) is 11.1. The smallest absolute Gasteiger partial charge is 0.467 e. The maximum atomic E-state index is 13.0. The summed E-state index contributed by atoms with van der Waals surface area (Å²) in [6.07, 6.45) is -1.16. The quantitative estimate of drug-likeness (QED) is 0.575. The van der Waals surface area contributed by atoms with E-state index in [0.717, 1.165) is 5.56 Å². The summed E-state index contributed by atoms with van der Waals surface area (Å²) in [7, 11) is -1.61. The highest BCUT2D eigenvalue weighted by atomic mass is 32.2. The third-order valence-electron chi connectivity index (χ3n) is 4.01. The standard InChI is InChI=1S/C23H31NO7S/c1-22(2,3)31-21(26)30-19(20(25)29-15-16-11-8-7-9-12-16)18(17-13-10-14-28-17)24-32(27)23(4,5)6/h7-14,18-19,24H,15H2,1-6H3/t18-,19+,32+/m0/s1. The zero-order valence-corrected chi connectivity index (χ0v) is 20.1. The molecule has 0 bridgehead atoms. The number of carbonyl (C=O) groups excluding carboxylic acids is 2. The molecule has 0 radical (unpaired) electrons. The van der Waals surface area contributed by atoms with Crippen molar-refractivity contribution in [3.05, 3.63) is 60.1 Å². The van der Waals surface area contributed by atoms with Crippen LogP contribution in [0, 0.1) is 0 Å². The highest BCUT2D eigenvalue weighted by Gasteiger charge is 2.40. The summed E-state index contributed by atoms with van der Waals surface area (Å²) >= 11 is 0. The predicted octanol–water partition coefficient (Wildman–Crippen LogP) is 4.44. The lowest BCUT2D eigenvalue weighted by molar-refractivity contribution is -0.159. The summed E-state index contributed by atoms with van der Waals surface area (Å²) in [5, 5.41) is 0. The van der Waals surface area contributed by atoms with Gasteiger partial charge < -0.3 is 18.6 Å². The number of ether oxygens (including phenoxy) is 3. The Morgan fingerprint density at radius 1 is 1.03 bits per heavy atom. The van der Waals surface area contributed by atoms with Gasteiger partial charge in [0.15, 0.2) is 0 Å². The van der Waals surface area contributed by atoms with E-state index in [0.29, 0.717) is 0 Å². The zero-order valence-electron chi connectivity index (χ0n) is 19.2. The van der Waals surface area contributed by atoms with Crippen molar-refractivity contribution in [2.45, 2.75) is 70.6 Å². The third-order valence-corrected chi connectivity index (χ3v) is 5.59. The Labute approximate surface area is 191 Å². The van der Waals surface area contributed by atoms with Crippen LogP contribution in [0.1, 0.15) is 58.9 Å². The van der Waals surface area contributed by atoms with E-state index in [2.05, 4.69) is 4.72 Å². The molecule has 0 aliphatic carbocycles. The second kappa shape index (κ2) is 10.8. The first-order valence-corrected chi connectivity index (χ1v) is 11.3. The number of nitrogens with one attached hydrogen (secondary N) is 1. The number of rotatable bonds is 8. The van der Waals surface area contributed by atoms with E-state index in [4.69, 9.17) is 18.6 Å². The van der Waals surface area contributed by atoms with Gasteiger partial charge in [-0.25, -0.2) is 18.5 Å². The molecular weight excluding hydrogens is 434 g/mol. The van der Waals surface area contributed by atoms with Crippen LogP contribution in [0.3, 0.4) is 0 Å². The summed E-state index contributed by atoms with van der Waals surface area (Å²) < 4.78 is 36.5. The minimum absolute atomic E-state index is 0.0267. The van der Waals surface area contributed by atoms with E-state index in [1.807, 2.05) is 18.2 Å². The minimum atomic E-state index is -1.61. The van der Waals surface area contributed by atoms with Crippen LogP contribution in [-0.2, 0) is 36.6 Å². The number of esters is 1. The lowest BCUT2D eigenvalue weighted by Crippen LogP contribution is -2.45. The molecule has 8 nitrogen and oxygen atoms in total. The SMILES string of the molecule is CC(C)(C)OC(=O)O[C@@H](C(=O)OCc1ccccc1)[C@@H](N[S@](=O)C(C)(C)C)c1ccco1. The molecule has 0 aliphatic heterocycles. The van der Waals surface area contributed by atoms with E-state index in [9.17, 15) is 13.8 Å². The number of benzene rings is 1. The summed E-state index contributed by atoms with van der Waals surface area (Å²) in [4.78, 5) is 25.5. The molecule has 32 heavy (non-hydrogen) atoms. The highest BCUT2D eigenvalue weighted by Crippen LogP contribution is 2.25. The number of hydrogen-bond acceptors (Lipinski definition) is 7. The summed E-state index contributed by atoms with van der Waals surface area (Å²) in [6.45, 7) is 10.3. The maximum Gasteiger partial charge on any atom is 0.509 e. The molecule has 1 aromatic heterocycles.